The van der Waals surface area contributed by atoms with Gasteiger partial charge in [-0.3, -0.25) is 9.69 Å². The number of halogens is 1. The Morgan fingerprint density at radius 2 is 1.80 bits per heavy atom. The van der Waals surface area contributed by atoms with Crippen LogP contribution >= 0.6 is 23.1 Å². The molecule has 8 heteroatoms. The van der Waals surface area contributed by atoms with Crippen molar-refractivity contribution in [1.29, 1.82) is 0 Å². The van der Waals surface area contributed by atoms with E-state index >= 15 is 0 Å². The number of hydrogen-bond acceptors (Lipinski definition) is 6. The first-order valence-electron chi connectivity index (χ1n) is 8.94. The molecule has 4 aromatic rings. The van der Waals surface area contributed by atoms with E-state index in [4.69, 9.17) is 0 Å². The Hall–Kier alpha value is -3.23. The van der Waals surface area contributed by atoms with Gasteiger partial charge >= 0.3 is 0 Å². The smallest absolute Gasteiger partial charge is 0.272 e. The highest BCUT2D eigenvalue weighted by Crippen LogP contribution is 2.38. The normalized spacial score (nSPS) is 10.7. The lowest BCUT2D eigenvalue weighted by atomic mass is 10.2. The van der Waals surface area contributed by atoms with Crippen molar-refractivity contribution in [2.45, 2.75) is 9.92 Å². The molecule has 2 aromatic carbocycles. The molecular weight excluding hydrogens is 421 g/mol. The molecule has 0 unspecified atom stereocenters. The van der Waals surface area contributed by atoms with Crippen molar-refractivity contribution in [3.8, 4) is 16.3 Å². The Labute approximate surface area is 180 Å². The van der Waals surface area contributed by atoms with Crippen molar-refractivity contribution in [1.82, 2.24) is 9.97 Å². The van der Waals surface area contributed by atoms with E-state index in [2.05, 4.69) is 9.97 Å². The number of nitrogens with zero attached hydrogens (tertiary/aromatic N) is 3. The number of amides is 1. The fraction of sp³-hybridized carbons (Fsp3) is 0.0455. The Kier molecular flexibility index (Phi) is 5.78. The molecule has 0 bridgehead atoms. The molecule has 1 N–H and O–H groups in total. The van der Waals surface area contributed by atoms with Gasteiger partial charge in [-0.05, 0) is 60.7 Å². The Morgan fingerprint density at radius 1 is 1.07 bits per heavy atom. The largest absolute Gasteiger partial charge is 0.508 e. The number of anilines is 1. The average molecular weight is 438 g/mol. The quantitative estimate of drug-likeness (QED) is 0.448. The zero-order valence-corrected chi connectivity index (χ0v) is 17.5. The van der Waals surface area contributed by atoms with Gasteiger partial charge in [0.1, 0.15) is 32.3 Å². The van der Waals surface area contributed by atoms with E-state index in [1.165, 1.54) is 40.1 Å². The lowest BCUT2D eigenvalue weighted by molar-refractivity contribution is 0.0993. The highest BCUT2D eigenvalue weighted by Gasteiger charge is 2.24. The molecule has 0 aliphatic heterocycles. The molecule has 150 valence electrons. The lowest BCUT2D eigenvalue weighted by Gasteiger charge is -2.15. The fourth-order valence-electron chi connectivity index (χ4n) is 2.66. The van der Waals surface area contributed by atoms with Crippen LogP contribution in [0.3, 0.4) is 0 Å². The average Bonchev–Trinajstić information content (AvgIpc) is 3.19. The second-order valence-electron chi connectivity index (χ2n) is 6.31. The van der Waals surface area contributed by atoms with E-state index in [1.807, 2.05) is 6.07 Å². The third-order valence-corrected chi connectivity index (χ3v) is 6.45. The van der Waals surface area contributed by atoms with Gasteiger partial charge in [0.2, 0.25) is 0 Å². The third kappa shape index (κ3) is 4.34. The van der Waals surface area contributed by atoms with Crippen LogP contribution in [0.2, 0.25) is 0 Å². The van der Waals surface area contributed by atoms with Gasteiger partial charge in [-0.15, -0.1) is 11.3 Å². The maximum atomic E-state index is 13.3. The number of carbonyl (C=O) groups excluding carboxylic acids is 1. The molecule has 0 aliphatic rings. The Morgan fingerprint density at radius 3 is 2.47 bits per heavy atom. The minimum atomic E-state index is -0.333. The summed E-state index contributed by atoms with van der Waals surface area (Å²) in [6.45, 7) is 0. The number of phenols is 1. The second kappa shape index (κ2) is 8.64. The van der Waals surface area contributed by atoms with E-state index in [-0.39, 0.29) is 17.5 Å². The van der Waals surface area contributed by atoms with Crippen LogP contribution < -0.4 is 4.90 Å². The van der Waals surface area contributed by atoms with Crippen LogP contribution in [-0.4, -0.2) is 28.0 Å². The number of aromatic nitrogens is 2. The van der Waals surface area contributed by atoms with Crippen LogP contribution in [0.1, 0.15) is 9.67 Å². The maximum Gasteiger partial charge on any atom is 0.272 e. The molecule has 2 heterocycles. The van der Waals surface area contributed by atoms with Crippen LogP contribution in [0.25, 0.3) is 10.6 Å². The van der Waals surface area contributed by atoms with Gasteiger partial charge < -0.3 is 5.11 Å². The Bertz CT molecular complexity index is 1160. The molecule has 4 rings (SSSR count). The second-order valence-corrected chi connectivity index (χ2v) is 8.37. The SMILES string of the molecule is CN(C(=O)c1sc(-c2ccc(F)cc2)nc1Sc1ccc(O)cc1)c1ccccn1. The van der Waals surface area contributed by atoms with Crippen molar-refractivity contribution in [3.05, 3.63) is 83.6 Å². The summed E-state index contributed by atoms with van der Waals surface area (Å²) < 4.78 is 13.3. The summed E-state index contributed by atoms with van der Waals surface area (Å²) in [6, 6.07) is 18.0. The zero-order chi connectivity index (χ0) is 21.1. The lowest BCUT2D eigenvalue weighted by Crippen LogP contribution is -2.26. The summed E-state index contributed by atoms with van der Waals surface area (Å²) in [7, 11) is 1.66. The molecule has 5 nitrogen and oxygen atoms in total. The molecule has 0 spiro atoms. The van der Waals surface area contributed by atoms with Gasteiger partial charge in [0.15, 0.2) is 0 Å². The van der Waals surface area contributed by atoms with E-state index < -0.39 is 0 Å². The number of phenolic OH excluding ortho intramolecular Hbond substituents is 1. The van der Waals surface area contributed by atoms with Gasteiger partial charge in [0.25, 0.3) is 5.91 Å². The minimum absolute atomic E-state index is 0.163. The third-order valence-electron chi connectivity index (χ3n) is 4.23. The number of rotatable bonds is 5. The number of aromatic hydroxyl groups is 1. The van der Waals surface area contributed by atoms with Gasteiger partial charge in [-0.25, -0.2) is 14.4 Å². The van der Waals surface area contributed by atoms with Crippen molar-refractivity contribution in [3.63, 3.8) is 0 Å². The summed E-state index contributed by atoms with van der Waals surface area (Å²) >= 11 is 2.58. The van der Waals surface area contributed by atoms with Crippen LogP contribution in [0, 0.1) is 5.82 Å². The van der Waals surface area contributed by atoms with Crippen LogP contribution in [0.5, 0.6) is 5.75 Å². The monoisotopic (exact) mass is 437 g/mol. The predicted molar refractivity (Wildman–Crippen MR) is 117 cm³/mol. The molecule has 30 heavy (non-hydrogen) atoms. The highest BCUT2D eigenvalue weighted by atomic mass is 32.2. The molecule has 0 radical (unpaired) electrons. The number of carbonyl (C=O) groups is 1. The summed E-state index contributed by atoms with van der Waals surface area (Å²) in [5.41, 5.74) is 0.730. The van der Waals surface area contributed by atoms with Crippen molar-refractivity contribution in [2.75, 3.05) is 11.9 Å². The number of benzene rings is 2. The summed E-state index contributed by atoms with van der Waals surface area (Å²) in [6.07, 6.45) is 1.63. The first kappa shape index (κ1) is 20.1. The molecule has 0 saturated carbocycles. The molecule has 0 atom stereocenters. The van der Waals surface area contributed by atoms with Gasteiger partial charge in [0, 0.05) is 23.7 Å². The molecule has 0 aliphatic carbocycles. The fourth-order valence-corrected chi connectivity index (χ4v) is 4.72. The van der Waals surface area contributed by atoms with Crippen molar-refractivity contribution >= 4 is 34.8 Å². The number of thiazole rings is 1. The maximum absolute atomic E-state index is 13.3. The first-order valence-corrected chi connectivity index (χ1v) is 10.6. The summed E-state index contributed by atoms with van der Waals surface area (Å²) in [5.74, 6) is 0.122. The molecule has 1 amide bonds. The highest BCUT2D eigenvalue weighted by molar-refractivity contribution is 7.99. The van der Waals surface area contributed by atoms with E-state index in [9.17, 15) is 14.3 Å². The standard InChI is InChI=1S/C22H16FN3O2S2/c1-26(18-4-2-3-13-24-18)22(28)19-21(29-17-11-9-16(27)10-12-17)25-20(30-19)14-5-7-15(23)8-6-14/h2-13,27H,1H3. The van der Waals surface area contributed by atoms with Gasteiger partial charge in [-0.2, -0.15) is 0 Å². The van der Waals surface area contributed by atoms with E-state index in [1.54, 1.807) is 61.8 Å². The molecule has 0 saturated heterocycles. The van der Waals surface area contributed by atoms with Crippen LogP contribution in [-0.2, 0) is 0 Å². The summed E-state index contributed by atoms with van der Waals surface area (Å²) in [4.78, 5) is 24.9. The van der Waals surface area contributed by atoms with Crippen LogP contribution in [0.15, 0.2) is 82.8 Å². The van der Waals surface area contributed by atoms with Gasteiger partial charge in [0.05, 0.1) is 0 Å². The Balaban J connectivity index is 1.73. The van der Waals surface area contributed by atoms with Crippen LogP contribution in [0.4, 0.5) is 10.2 Å². The predicted octanol–water partition coefficient (Wildman–Crippen LogP) is 5.48. The minimum Gasteiger partial charge on any atom is -0.508 e. The number of hydrogen-bond donors (Lipinski definition) is 1. The summed E-state index contributed by atoms with van der Waals surface area (Å²) in [5, 5.41) is 10.7. The van der Waals surface area contributed by atoms with Crippen molar-refractivity contribution < 1.29 is 14.3 Å². The molecular formula is C22H16FN3O2S2. The molecule has 0 fully saturated rings. The zero-order valence-electron chi connectivity index (χ0n) is 15.8. The topological polar surface area (TPSA) is 66.3 Å². The molecule has 2 aromatic heterocycles. The van der Waals surface area contributed by atoms with E-state index in [0.29, 0.717) is 20.7 Å². The number of pyridine rings is 1. The van der Waals surface area contributed by atoms with Gasteiger partial charge in [-0.1, -0.05) is 17.8 Å². The van der Waals surface area contributed by atoms with E-state index in [0.717, 1.165) is 10.5 Å². The first-order chi connectivity index (χ1) is 14.5. The van der Waals surface area contributed by atoms with Crippen molar-refractivity contribution in [2.24, 2.45) is 0 Å².